The number of benzene rings is 2. The fourth-order valence-corrected chi connectivity index (χ4v) is 3.50. The van der Waals surface area contributed by atoms with Crippen LogP contribution in [-0.2, 0) is 29.2 Å². The van der Waals surface area contributed by atoms with Gasteiger partial charge in [0, 0.05) is 38.3 Å². The topological polar surface area (TPSA) is 70.7 Å². The normalized spacial score (nSPS) is 15.7. The van der Waals surface area contributed by atoms with E-state index in [2.05, 4.69) is 22.8 Å². The lowest BCUT2D eigenvalue weighted by molar-refractivity contribution is -0.123. The third-order valence-corrected chi connectivity index (χ3v) is 4.98. The molecule has 2 amide bonds. The summed E-state index contributed by atoms with van der Waals surface area (Å²) in [7, 11) is 0. The smallest absolute Gasteiger partial charge is 0.258 e. The number of amides is 2. The van der Waals surface area contributed by atoms with Crippen LogP contribution in [0.5, 0.6) is 5.75 Å². The van der Waals surface area contributed by atoms with Crippen molar-refractivity contribution in [3.63, 3.8) is 0 Å². The average molecular weight is 365 g/mol. The van der Waals surface area contributed by atoms with Crippen molar-refractivity contribution < 1.29 is 14.3 Å². The van der Waals surface area contributed by atoms with Gasteiger partial charge in [0.05, 0.1) is 0 Å². The van der Waals surface area contributed by atoms with Gasteiger partial charge in [-0.05, 0) is 47.4 Å². The molecule has 4 rings (SSSR count). The fourth-order valence-electron chi connectivity index (χ4n) is 3.50. The largest absolute Gasteiger partial charge is 0.484 e. The fraction of sp³-hybridized carbons (Fsp3) is 0.333. The number of rotatable bonds is 6. The maximum atomic E-state index is 12.0. The summed E-state index contributed by atoms with van der Waals surface area (Å²) in [6.07, 6.45) is 1.51. The van der Waals surface area contributed by atoms with E-state index in [9.17, 15) is 9.59 Å². The number of nitrogens with one attached hydrogen (secondary N) is 2. The number of fused-ring (bicyclic) bond motifs is 1. The molecule has 2 heterocycles. The van der Waals surface area contributed by atoms with Gasteiger partial charge in [0.25, 0.3) is 5.91 Å². The van der Waals surface area contributed by atoms with Crippen LogP contribution in [0.3, 0.4) is 0 Å². The molecule has 140 valence electrons. The van der Waals surface area contributed by atoms with Crippen molar-refractivity contribution in [2.24, 2.45) is 0 Å². The van der Waals surface area contributed by atoms with Gasteiger partial charge in [0.1, 0.15) is 5.75 Å². The molecular formula is C21H23N3O3. The third-order valence-electron chi connectivity index (χ3n) is 4.98. The minimum atomic E-state index is -0.160. The second-order valence-corrected chi connectivity index (χ2v) is 6.91. The number of ether oxygens (including phenoxy) is 1. The van der Waals surface area contributed by atoms with Crippen LogP contribution in [0, 0.1) is 0 Å². The zero-order chi connectivity index (χ0) is 18.6. The van der Waals surface area contributed by atoms with E-state index in [-0.39, 0.29) is 18.4 Å². The molecule has 1 saturated heterocycles. The lowest BCUT2D eigenvalue weighted by Gasteiger charge is -2.16. The first-order valence-corrected chi connectivity index (χ1v) is 9.30. The van der Waals surface area contributed by atoms with Crippen molar-refractivity contribution in [3.05, 3.63) is 59.2 Å². The molecule has 0 atom stereocenters. The number of hydrogen-bond donors (Lipinski definition) is 2. The standard InChI is InChI=1S/C21H23N3O3/c25-20(23-11-15-3-4-16-12-22-13-17(16)10-15)14-27-19-7-5-18(6-8-19)24-9-1-2-21(24)26/h3-8,10,22H,1-2,9,11-14H2,(H,23,25). The molecule has 0 aromatic heterocycles. The van der Waals surface area contributed by atoms with Crippen molar-refractivity contribution in [3.8, 4) is 5.75 Å². The van der Waals surface area contributed by atoms with Crippen molar-refractivity contribution in [1.29, 1.82) is 0 Å². The highest BCUT2D eigenvalue weighted by Crippen LogP contribution is 2.23. The Bertz CT molecular complexity index is 848. The number of carbonyl (C=O) groups is 2. The van der Waals surface area contributed by atoms with E-state index in [0.717, 1.165) is 37.3 Å². The van der Waals surface area contributed by atoms with Crippen LogP contribution in [0.4, 0.5) is 5.69 Å². The minimum Gasteiger partial charge on any atom is -0.484 e. The molecule has 6 nitrogen and oxygen atoms in total. The predicted octanol–water partition coefficient (Wildman–Crippen LogP) is 2.11. The lowest BCUT2D eigenvalue weighted by atomic mass is 10.1. The van der Waals surface area contributed by atoms with Gasteiger partial charge in [-0.3, -0.25) is 9.59 Å². The number of nitrogens with zero attached hydrogens (tertiary/aromatic N) is 1. The van der Waals surface area contributed by atoms with Gasteiger partial charge in [-0.25, -0.2) is 0 Å². The predicted molar refractivity (Wildman–Crippen MR) is 102 cm³/mol. The van der Waals surface area contributed by atoms with E-state index in [0.29, 0.717) is 18.7 Å². The van der Waals surface area contributed by atoms with Crippen LogP contribution in [-0.4, -0.2) is 25.0 Å². The van der Waals surface area contributed by atoms with Crippen LogP contribution in [0.15, 0.2) is 42.5 Å². The van der Waals surface area contributed by atoms with Crippen molar-refractivity contribution in [2.45, 2.75) is 32.5 Å². The third kappa shape index (κ3) is 4.11. The maximum absolute atomic E-state index is 12.0. The molecule has 0 unspecified atom stereocenters. The highest BCUT2D eigenvalue weighted by Gasteiger charge is 2.21. The van der Waals surface area contributed by atoms with E-state index in [4.69, 9.17) is 4.74 Å². The summed E-state index contributed by atoms with van der Waals surface area (Å²) in [5.41, 5.74) is 4.59. The Morgan fingerprint density at radius 1 is 1.11 bits per heavy atom. The Hall–Kier alpha value is -2.86. The van der Waals surface area contributed by atoms with Gasteiger partial charge in [-0.2, -0.15) is 0 Å². The van der Waals surface area contributed by atoms with Gasteiger partial charge in [0.2, 0.25) is 5.91 Å². The summed E-state index contributed by atoms with van der Waals surface area (Å²) < 4.78 is 5.55. The molecule has 2 aromatic carbocycles. The van der Waals surface area contributed by atoms with Gasteiger partial charge in [-0.1, -0.05) is 18.2 Å². The number of hydrogen-bond acceptors (Lipinski definition) is 4. The lowest BCUT2D eigenvalue weighted by Crippen LogP contribution is -2.28. The van der Waals surface area contributed by atoms with Gasteiger partial charge >= 0.3 is 0 Å². The average Bonchev–Trinajstić information content (AvgIpc) is 3.33. The molecule has 0 bridgehead atoms. The minimum absolute atomic E-state index is 0.0332. The molecule has 1 fully saturated rings. The summed E-state index contributed by atoms with van der Waals surface area (Å²) in [5, 5.41) is 6.20. The zero-order valence-electron chi connectivity index (χ0n) is 15.2. The highest BCUT2D eigenvalue weighted by molar-refractivity contribution is 5.95. The van der Waals surface area contributed by atoms with Crippen LogP contribution in [0.25, 0.3) is 0 Å². The first-order valence-electron chi connectivity index (χ1n) is 9.30. The quantitative estimate of drug-likeness (QED) is 0.823. The monoisotopic (exact) mass is 365 g/mol. The summed E-state index contributed by atoms with van der Waals surface area (Å²) in [4.78, 5) is 25.6. The van der Waals surface area contributed by atoms with Gasteiger partial charge < -0.3 is 20.3 Å². The highest BCUT2D eigenvalue weighted by atomic mass is 16.5. The first-order chi connectivity index (χ1) is 13.2. The second kappa shape index (κ2) is 7.80. The number of carbonyl (C=O) groups excluding carboxylic acids is 2. The summed E-state index contributed by atoms with van der Waals surface area (Å²) in [5.74, 6) is 0.613. The molecule has 2 aliphatic heterocycles. The first kappa shape index (κ1) is 17.5. The van der Waals surface area contributed by atoms with E-state index in [1.165, 1.54) is 11.1 Å². The SMILES string of the molecule is O=C(COc1ccc(N2CCCC2=O)cc1)NCc1ccc2c(c1)CNC2. The van der Waals surface area contributed by atoms with Crippen LogP contribution in [0.1, 0.15) is 29.5 Å². The van der Waals surface area contributed by atoms with Gasteiger partial charge in [0.15, 0.2) is 6.61 Å². The molecule has 0 saturated carbocycles. The van der Waals surface area contributed by atoms with Crippen LogP contribution < -0.4 is 20.3 Å². The maximum Gasteiger partial charge on any atom is 0.258 e. The Morgan fingerprint density at radius 2 is 1.93 bits per heavy atom. The molecule has 0 spiro atoms. The molecule has 6 heteroatoms. The Kier molecular flexibility index (Phi) is 5.07. The van der Waals surface area contributed by atoms with E-state index in [1.54, 1.807) is 17.0 Å². The Labute approximate surface area is 158 Å². The van der Waals surface area contributed by atoms with Crippen LogP contribution in [0.2, 0.25) is 0 Å². The molecule has 0 aliphatic carbocycles. The van der Waals surface area contributed by atoms with E-state index >= 15 is 0 Å². The molecule has 2 aromatic rings. The molecule has 27 heavy (non-hydrogen) atoms. The molecule has 2 N–H and O–H groups in total. The van der Waals surface area contributed by atoms with Crippen molar-refractivity contribution >= 4 is 17.5 Å². The van der Waals surface area contributed by atoms with Crippen molar-refractivity contribution in [2.75, 3.05) is 18.1 Å². The van der Waals surface area contributed by atoms with E-state index in [1.807, 2.05) is 18.2 Å². The summed E-state index contributed by atoms with van der Waals surface area (Å²) in [6.45, 7) is 3.03. The molecular weight excluding hydrogens is 342 g/mol. The summed E-state index contributed by atoms with van der Waals surface area (Å²) in [6, 6.07) is 13.6. The van der Waals surface area contributed by atoms with Crippen molar-refractivity contribution in [1.82, 2.24) is 10.6 Å². The van der Waals surface area contributed by atoms with Crippen LogP contribution >= 0.6 is 0 Å². The summed E-state index contributed by atoms with van der Waals surface area (Å²) >= 11 is 0. The Balaban J connectivity index is 1.25. The van der Waals surface area contributed by atoms with E-state index < -0.39 is 0 Å². The molecule has 2 aliphatic rings. The number of anilines is 1. The molecule has 0 radical (unpaired) electrons. The van der Waals surface area contributed by atoms with Gasteiger partial charge in [-0.15, -0.1) is 0 Å². The second-order valence-electron chi connectivity index (χ2n) is 6.91. The zero-order valence-corrected chi connectivity index (χ0v) is 15.2. The Morgan fingerprint density at radius 3 is 2.70 bits per heavy atom.